The van der Waals surface area contributed by atoms with Crippen LogP contribution in [0.25, 0.3) is 0 Å². The zero-order valence-electron chi connectivity index (χ0n) is 6.59. The lowest BCUT2D eigenvalue weighted by atomic mass is 10.2. The maximum Gasteiger partial charge on any atom is 0.0595 e. The van der Waals surface area contributed by atoms with E-state index in [4.69, 9.17) is 28.4 Å². The van der Waals surface area contributed by atoms with Crippen molar-refractivity contribution < 1.29 is 5.21 Å². The molecular weight excluding hydrogens is 197 g/mol. The summed E-state index contributed by atoms with van der Waals surface area (Å²) in [6, 6.07) is 5.26. The van der Waals surface area contributed by atoms with Crippen molar-refractivity contribution in [2.45, 2.75) is 6.54 Å². The topological polar surface area (TPSA) is 23.5 Å². The summed E-state index contributed by atoms with van der Waals surface area (Å²) in [6.07, 6.45) is 0. The average Bonchev–Trinajstić information content (AvgIpc) is 1.96. The van der Waals surface area contributed by atoms with E-state index in [1.54, 1.807) is 19.2 Å². The first-order valence-electron chi connectivity index (χ1n) is 3.43. The van der Waals surface area contributed by atoms with Crippen molar-refractivity contribution in [3.8, 4) is 0 Å². The quantitative estimate of drug-likeness (QED) is 0.752. The normalized spacial score (nSPS) is 10.8. The maximum absolute atomic E-state index is 8.92. The Morgan fingerprint density at radius 2 is 2.00 bits per heavy atom. The van der Waals surface area contributed by atoms with Crippen LogP contribution in [0.2, 0.25) is 10.0 Å². The Bertz CT molecular complexity index is 276. The maximum atomic E-state index is 8.92. The SMILES string of the molecule is CN(O)Cc1ccc(Cl)c(Cl)c1. The second-order valence-corrected chi connectivity index (χ2v) is 3.38. The summed E-state index contributed by atoms with van der Waals surface area (Å²) in [5.41, 5.74) is 0.925. The summed E-state index contributed by atoms with van der Waals surface area (Å²) in [4.78, 5) is 0. The molecule has 0 unspecified atom stereocenters. The summed E-state index contributed by atoms with van der Waals surface area (Å²) in [6.45, 7) is 0.441. The fraction of sp³-hybridized carbons (Fsp3) is 0.250. The molecule has 1 aromatic rings. The molecule has 0 aliphatic heterocycles. The van der Waals surface area contributed by atoms with Crippen molar-refractivity contribution in [3.63, 3.8) is 0 Å². The monoisotopic (exact) mass is 205 g/mol. The molecule has 66 valence electrons. The zero-order valence-corrected chi connectivity index (χ0v) is 8.10. The molecule has 0 amide bonds. The molecule has 0 bridgehead atoms. The van der Waals surface area contributed by atoms with Gasteiger partial charge in [0.05, 0.1) is 10.0 Å². The molecule has 0 atom stereocenters. The predicted molar refractivity (Wildman–Crippen MR) is 49.7 cm³/mol. The molecule has 0 heterocycles. The minimum atomic E-state index is 0.441. The summed E-state index contributed by atoms with van der Waals surface area (Å²) in [5.74, 6) is 0. The molecule has 0 aliphatic carbocycles. The summed E-state index contributed by atoms with van der Waals surface area (Å²) < 4.78 is 0. The van der Waals surface area contributed by atoms with E-state index in [1.807, 2.05) is 6.07 Å². The predicted octanol–water partition coefficient (Wildman–Crippen LogP) is 2.81. The Balaban J connectivity index is 2.82. The van der Waals surface area contributed by atoms with Crippen molar-refractivity contribution in [3.05, 3.63) is 33.8 Å². The molecule has 0 fully saturated rings. The van der Waals surface area contributed by atoms with Crippen LogP contribution in [0.1, 0.15) is 5.56 Å². The fourth-order valence-electron chi connectivity index (χ4n) is 0.902. The standard InChI is InChI=1S/C8H9Cl2NO/c1-11(12)5-6-2-3-7(9)8(10)4-6/h2-4,12H,5H2,1H3. The third-order valence-electron chi connectivity index (χ3n) is 1.40. The third kappa shape index (κ3) is 2.64. The first-order valence-corrected chi connectivity index (χ1v) is 4.19. The van der Waals surface area contributed by atoms with Crippen molar-refractivity contribution in [2.24, 2.45) is 0 Å². The number of halogens is 2. The minimum Gasteiger partial charge on any atom is -0.314 e. The molecule has 0 aliphatic rings. The van der Waals surface area contributed by atoms with E-state index in [0.29, 0.717) is 16.6 Å². The van der Waals surface area contributed by atoms with Crippen LogP contribution >= 0.6 is 23.2 Å². The third-order valence-corrected chi connectivity index (χ3v) is 2.13. The van der Waals surface area contributed by atoms with Crippen LogP contribution < -0.4 is 0 Å². The molecule has 2 nitrogen and oxygen atoms in total. The lowest BCUT2D eigenvalue weighted by Gasteiger charge is -2.08. The van der Waals surface area contributed by atoms with Gasteiger partial charge in [-0.05, 0) is 17.7 Å². The number of hydroxylamine groups is 2. The van der Waals surface area contributed by atoms with Gasteiger partial charge in [0.2, 0.25) is 0 Å². The second kappa shape index (κ2) is 4.10. The van der Waals surface area contributed by atoms with Crippen LogP contribution in [0.15, 0.2) is 18.2 Å². The van der Waals surface area contributed by atoms with Crippen LogP contribution in [0.5, 0.6) is 0 Å². The lowest BCUT2D eigenvalue weighted by molar-refractivity contribution is -0.0731. The lowest BCUT2D eigenvalue weighted by Crippen LogP contribution is -2.11. The number of hydrogen-bond acceptors (Lipinski definition) is 2. The molecule has 0 radical (unpaired) electrons. The molecule has 0 saturated heterocycles. The Labute approximate surface area is 81.3 Å². The van der Waals surface area contributed by atoms with Gasteiger partial charge < -0.3 is 5.21 Å². The minimum absolute atomic E-state index is 0.441. The van der Waals surface area contributed by atoms with Crippen LogP contribution in [-0.4, -0.2) is 17.3 Å². The molecule has 4 heteroatoms. The molecule has 1 N–H and O–H groups in total. The van der Waals surface area contributed by atoms with Crippen LogP contribution in [0.3, 0.4) is 0 Å². The molecule has 12 heavy (non-hydrogen) atoms. The van der Waals surface area contributed by atoms with Gasteiger partial charge in [0.25, 0.3) is 0 Å². The van der Waals surface area contributed by atoms with Crippen LogP contribution in [0, 0.1) is 0 Å². The first kappa shape index (κ1) is 9.81. The van der Waals surface area contributed by atoms with Gasteiger partial charge >= 0.3 is 0 Å². The van der Waals surface area contributed by atoms with Crippen LogP contribution in [-0.2, 0) is 6.54 Å². The summed E-state index contributed by atoms with van der Waals surface area (Å²) >= 11 is 11.5. The highest BCUT2D eigenvalue weighted by atomic mass is 35.5. The van der Waals surface area contributed by atoms with Gasteiger partial charge in [-0.25, -0.2) is 0 Å². The van der Waals surface area contributed by atoms with E-state index in [-0.39, 0.29) is 0 Å². The van der Waals surface area contributed by atoms with Crippen LogP contribution in [0.4, 0.5) is 0 Å². The highest BCUT2D eigenvalue weighted by Gasteiger charge is 2.00. The van der Waals surface area contributed by atoms with E-state index in [0.717, 1.165) is 10.6 Å². The molecule has 1 aromatic carbocycles. The van der Waals surface area contributed by atoms with Gasteiger partial charge in [0.1, 0.15) is 0 Å². The van der Waals surface area contributed by atoms with Crippen molar-refractivity contribution in [1.29, 1.82) is 0 Å². The van der Waals surface area contributed by atoms with Crippen molar-refractivity contribution in [1.82, 2.24) is 5.06 Å². The Hall–Kier alpha value is -0.280. The van der Waals surface area contributed by atoms with E-state index < -0.39 is 0 Å². The molecule has 0 aromatic heterocycles. The number of hydrogen-bond donors (Lipinski definition) is 1. The average molecular weight is 206 g/mol. The Morgan fingerprint density at radius 1 is 1.33 bits per heavy atom. The van der Waals surface area contributed by atoms with E-state index >= 15 is 0 Å². The summed E-state index contributed by atoms with van der Waals surface area (Å²) in [5, 5.41) is 11.0. The molecule has 0 saturated carbocycles. The van der Waals surface area contributed by atoms with E-state index in [1.165, 1.54) is 0 Å². The zero-order chi connectivity index (χ0) is 9.14. The number of rotatable bonds is 2. The van der Waals surface area contributed by atoms with Gasteiger partial charge in [-0.3, -0.25) is 0 Å². The van der Waals surface area contributed by atoms with Gasteiger partial charge in [-0.2, -0.15) is 5.06 Å². The van der Waals surface area contributed by atoms with Gasteiger partial charge in [-0.15, -0.1) is 0 Å². The van der Waals surface area contributed by atoms with E-state index in [9.17, 15) is 0 Å². The molecular formula is C8H9Cl2NO. The fourth-order valence-corrected chi connectivity index (χ4v) is 1.22. The second-order valence-electron chi connectivity index (χ2n) is 2.56. The number of nitrogens with zero attached hydrogens (tertiary/aromatic N) is 1. The Kier molecular flexibility index (Phi) is 3.35. The first-order chi connectivity index (χ1) is 5.59. The summed E-state index contributed by atoms with van der Waals surface area (Å²) in [7, 11) is 1.57. The van der Waals surface area contributed by atoms with Crippen molar-refractivity contribution in [2.75, 3.05) is 7.05 Å². The van der Waals surface area contributed by atoms with E-state index in [2.05, 4.69) is 0 Å². The molecule has 0 spiro atoms. The van der Waals surface area contributed by atoms with Gasteiger partial charge in [-0.1, -0.05) is 29.3 Å². The number of benzene rings is 1. The van der Waals surface area contributed by atoms with Crippen molar-refractivity contribution >= 4 is 23.2 Å². The van der Waals surface area contributed by atoms with Gasteiger partial charge in [0, 0.05) is 13.6 Å². The highest BCUT2D eigenvalue weighted by Crippen LogP contribution is 2.22. The Morgan fingerprint density at radius 3 is 2.50 bits per heavy atom. The molecule has 1 rings (SSSR count). The smallest absolute Gasteiger partial charge is 0.0595 e. The van der Waals surface area contributed by atoms with Gasteiger partial charge in [0.15, 0.2) is 0 Å². The highest BCUT2D eigenvalue weighted by molar-refractivity contribution is 6.41. The largest absolute Gasteiger partial charge is 0.314 e.